The Hall–Kier alpha value is -3.84. The van der Waals surface area contributed by atoms with Crippen LogP contribution in [0.3, 0.4) is 0 Å². The topological polar surface area (TPSA) is 118 Å². The molecule has 2 N–H and O–H groups in total. The average Bonchev–Trinajstić information content (AvgIpc) is 3.59. The van der Waals surface area contributed by atoms with Crippen molar-refractivity contribution in [2.75, 3.05) is 6.54 Å². The van der Waals surface area contributed by atoms with Crippen LogP contribution in [-0.2, 0) is 19.4 Å². The van der Waals surface area contributed by atoms with Crippen LogP contribution < -0.4 is 10.6 Å². The third-order valence-corrected chi connectivity index (χ3v) is 9.01. The number of pyridine rings is 1. The molecule has 0 bridgehead atoms. The summed E-state index contributed by atoms with van der Waals surface area (Å²) in [4.78, 5) is 32.6. The molecule has 0 saturated heterocycles. The Balaban J connectivity index is 1.54. The quantitative estimate of drug-likeness (QED) is 0.251. The second kappa shape index (κ2) is 10.1. The smallest absolute Gasteiger partial charge is 0.246 e. The van der Waals surface area contributed by atoms with E-state index in [9.17, 15) is 26.8 Å². The van der Waals surface area contributed by atoms with Crippen molar-refractivity contribution in [2.45, 2.75) is 29.0 Å². The van der Waals surface area contributed by atoms with E-state index in [1.807, 2.05) is 0 Å². The number of fused-ring (bicyclic) bond motifs is 1. The summed E-state index contributed by atoms with van der Waals surface area (Å²) >= 11 is 0.779. The molecule has 0 aliphatic heterocycles. The lowest BCUT2D eigenvalue weighted by Gasteiger charge is -2.16. The van der Waals surface area contributed by atoms with Gasteiger partial charge in [-0.2, -0.15) is 4.39 Å². The number of carbonyl (C=O) groups excluding carboxylic acids is 2. The van der Waals surface area contributed by atoms with Crippen molar-refractivity contribution < 1.29 is 31.2 Å². The fraction of sp³-hybridized carbons (Fsp3) is 0.200. The largest absolute Gasteiger partial charge is 0.352 e. The second-order valence-corrected chi connectivity index (χ2v) is 11.8. The van der Waals surface area contributed by atoms with E-state index >= 15 is 4.39 Å². The number of hydrogen-bond acceptors (Lipinski definition) is 7. The summed E-state index contributed by atoms with van der Waals surface area (Å²) in [5, 5.41) is 2.84. The number of thiazole rings is 1. The fourth-order valence-electron chi connectivity index (χ4n) is 3.74. The fourth-order valence-corrected chi connectivity index (χ4v) is 6.74. The molecule has 0 spiro atoms. The number of halogens is 3. The summed E-state index contributed by atoms with van der Waals surface area (Å²) in [6.45, 7) is -0.467. The minimum absolute atomic E-state index is 0.0379. The number of aromatic nitrogens is 2. The van der Waals surface area contributed by atoms with Crippen LogP contribution in [0.1, 0.15) is 23.1 Å². The van der Waals surface area contributed by atoms with Gasteiger partial charge in [0, 0.05) is 17.8 Å². The lowest BCUT2D eigenvalue weighted by atomic mass is 10.1. The number of amides is 2. The maximum Gasteiger partial charge on any atom is 0.246 e. The number of nitrogens with one attached hydrogen (secondary N) is 2. The van der Waals surface area contributed by atoms with E-state index in [-0.39, 0.29) is 26.2 Å². The van der Waals surface area contributed by atoms with Crippen LogP contribution in [0.5, 0.6) is 0 Å². The molecule has 1 saturated carbocycles. The van der Waals surface area contributed by atoms with E-state index in [2.05, 4.69) is 20.6 Å². The van der Waals surface area contributed by atoms with Crippen molar-refractivity contribution in [1.82, 2.24) is 20.6 Å². The van der Waals surface area contributed by atoms with Crippen molar-refractivity contribution in [1.29, 1.82) is 0 Å². The first-order valence-corrected chi connectivity index (χ1v) is 13.8. The van der Waals surface area contributed by atoms with E-state index in [0.29, 0.717) is 11.1 Å². The molecule has 13 heteroatoms. The first kappa shape index (κ1) is 25.8. The van der Waals surface area contributed by atoms with E-state index < -0.39 is 51.0 Å². The van der Waals surface area contributed by atoms with Crippen LogP contribution in [0.4, 0.5) is 13.2 Å². The first-order chi connectivity index (χ1) is 18.1. The van der Waals surface area contributed by atoms with Crippen LogP contribution in [0.25, 0.3) is 21.3 Å². The Kier molecular flexibility index (Phi) is 6.88. The first-order valence-electron chi connectivity index (χ1n) is 11.4. The van der Waals surface area contributed by atoms with E-state index in [1.54, 1.807) is 0 Å². The van der Waals surface area contributed by atoms with Crippen LogP contribution in [0.2, 0.25) is 0 Å². The van der Waals surface area contributed by atoms with Gasteiger partial charge in [0.15, 0.2) is 20.9 Å². The van der Waals surface area contributed by atoms with Crippen molar-refractivity contribution in [3.8, 4) is 11.1 Å². The summed E-state index contributed by atoms with van der Waals surface area (Å²) in [6.07, 6.45) is 2.88. The molecule has 38 heavy (non-hydrogen) atoms. The predicted molar refractivity (Wildman–Crippen MR) is 133 cm³/mol. The van der Waals surface area contributed by atoms with Crippen LogP contribution in [-0.4, -0.2) is 42.8 Å². The molecule has 2 aromatic carbocycles. The summed E-state index contributed by atoms with van der Waals surface area (Å²) in [5.74, 6) is -3.69. The number of sulfone groups is 1. The highest BCUT2D eigenvalue weighted by Crippen LogP contribution is 2.37. The van der Waals surface area contributed by atoms with Crippen molar-refractivity contribution >= 4 is 43.2 Å². The summed E-state index contributed by atoms with van der Waals surface area (Å²) in [7, 11) is -4.49. The minimum Gasteiger partial charge on any atom is -0.352 e. The maximum absolute atomic E-state index is 15.0. The van der Waals surface area contributed by atoms with Gasteiger partial charge in [-0.1, -0.05) is 0 Å². The van der Waals surface area contributed by atoms with Crippen LogP contribution in [0.15, 0.2) is 59.6 Å². The molecule has 1 unspecified atom stereocenters. The SMILES string of the molecule is O=C(CNC(=O)C(c1nc2c(F)cc(-c3ccc(F)nc3)cc2s1)S(=O)(=O)c1ccc(F)cc1)NC1CC1. The standard InChI is InChI=1S/C25H19F3N4O4S2/c26-15-2-6-17(7-3-15)38(35,36)23(24(34)30-12-21(33)31-16-4-5-16)25-32-22-18(27)9-14(10-19(22)37-25)13-1-8-20(28)29-11-13/h1-3,6-11,16,23H,4-5,12H2,(H,30,34)(H,31,33). The molecular formula is C25H19F3N4O4S2. The van der Waals surface area contributed by atoms with Gasteiger partial charge >= 0.3 is 0 Å². The molecule has 0 radical (unpaired) electrons. The van der Waals surface area contributed by atoms with Gasteiger partial charge in [0.05, 0.1) is 16.1 Å². The van der Waals surface area contributed by atoms with Gasteiger partial charge in [-0.3, -0.25) is 9.59 Å². The molecule has 8 nitrogen and oxygen atoms in total. The highest BCUT2D eigenvalue weighted by molar-refractivity contribution is 7.92. The Bertz CT molecular complexity index is 1640. The third-order valence-electron chi connectivity index (χ3n) is 5.81. The summed E-state index contributed by atoms with van der Waals surface area (Å²) in [6, 6.07) is 9.13. The number of rotatable bonds is 8. The predicted octanol–water partition coefficient (Wildman–Crippen LogP) is 3.69. The molecule has 1 atom stereocenters. The van der Waals surface area contributed by atoms with Crippen LogP contribution in [0, 0.1) is 17.6 Å². The highest BCUT2D eigenvalue weighted by Gasteiger charge is 2.39. The van der Waals surface area contributed by atoms with E-state index in [4.69, 9.17) is 0 Å². The van der Waals surface area contributed by atoms with Gasteiger partial charge in [-0.15, -0.1) is 11.3 Å². The average molecular weight is 561 g/mol. The van der Waals surface area contributed by atoms with Gasteiger partial charge in [0.1, 0.15) is 16.3 Å². The van der Waals surface area contributed by atoms with Crippen LogP contribution >= 0.6 is 11.3 Å². The zero-order valence-corrected chi connectivity index (χ0v) is 21.1. The number of hydrogen-bond donors (Lipinski definition) is 2. The highest BCUT2D eigenvalue weighted by atomic mass is 32.2. The molecule has 1 aliphatic carbocycles. The monoisotopic (exact) mass is 560 g/mol. The minimum atomic E-state index is -4.49. The molecule has 2 heterocycles. The van der Waals surface area contributed by atoms with Crippen molar-refractivity contribution in [2.24, 2.45) is 0 Å². The third kappa shape index (κ3) is 5.38. The Morgan fingerprint density at radius 3 is 2.42 bits per heavy atom. The molecule has 2 amide bonds. The Morgan fingerprint density at radius 1 is 1.03 bits per heavy atom. The zero-order chi connectivity index (χ0) is 27.0. The molecule has 1 fully saturated rings. The van der Waals surface area contributed by atoms with E-state index in [1.165, 1.54) is 18.3 Å². The number of nitrogens with zero attached hydrogens (tertiary/aromatic N) is 2. The van der Waals surface area contributed by atoms with Gasteiger partial charge in [0.2, 0.25) is 17.8 Å². The lowest BCUT2D eigenvalue weighted by Crippen LogP contribution is -2.41. The summed E-state index contributed by atoms with van der Waals surface area (Å²) < 4.78 is 69.0. The molecular weight excluding hydrogens is 541 g/mol. The normalized spacial score (nSPS) is 14.3. The number of carbonyl (C=O) groups is 2. The molecule has 5 rings (SSSR count). The molecule has 1 aliphatic rings. The van der Waals surface area contributed by atoms with Gasteiger partial charge in [-0.05, 0) is 66.9 Å². The lowest BCUT2D eigenvalue weighted by molar-refractivity contribution is -0.126. The van der Waals surface area contributed by atoms with E-state index in [0.717, 1.165) is 60.6 Å². The molecule has 4 aromatic rings. The van der Waals surface area contributed by atoms with Gasteiger partial charge < -0.3 is 10.6 Å². The Labute approximate surface area is 218 Å². The maximum atomic E-state index is 15.0. The zero-order valence-electron chi connectivity index (χ0n) is 19.4. The molecule has 196 valence electrons. The van der Waals surface area contributed by atoms with Crippen molar-refractivity contribution in [3.63, 3.8) is 0 Å². The van der Waals surface area contributed by atoms with Gasteiger partial charge in [-0.25, -0.2) is 27.2 Å². The summed E-state index contributed by atoms with van der Waals surface area (Å²) in [5.41, 5.74) is 0.594. The van der Waals surface area contributed by atoms with Crippen molar-refractivity contribution in [3.05, 3.63) is 77.3 Å². The second-order valence-electron chi connectivity index (χ2n) is 8.67. The number of benzene rings is 2. The Morgan fingerprint density at radius 2 is 1.76 bits per heavy atom. The van der Waals surface area contributed by atoms with Gasteiger partial charge in [0.25, 0.3) is 0 Å². The molecule has 2 aromatic heterocycles.